The fourth-order valence-corrected chi connectivity index (χ4v) is 0.893. The van der Waals surface area contributed by atoms with Crippen molar-refractivity contribution in [1.29, 1.82) is 0 Å². The number of hydrogen-bond donors (Lipinski definition) is 6. The molecule has 0 spiro atoms. The third-order valence-electron chi connectivity index (χ3n) is 1.74. The SMILES string of the molecule is CNC[C@H](O)[C@@H](O)[C@H](O)[C@H](O)CO.[H-].[K+]. The second kappa shape index (κ2) is 9.61. The molecule has 14 heavy (non-hydrogen) atoms. The van der Waals surface area contributed by atoms with Crippen molar-refractivity contribution >= 4 is 0 Å². The Labute approximate surface area is 127 Å². The molecule has 82 valence electrons. The van der Waals surface area contributed by atoms with E-state index in [1.165, 1.54) is 0 Å². The van der Waals surface area contributed by atoms with E-state index in [9.17, 15) is 5.11 Å². The molecule has 0 unspecified atom stereocenters. The summed E-state index contributed by atoms with van der Waals surface area (Å²) in [6.45, 7) is -0.569. The molecule has 0 saturated heterocycles. The molecule has 0 bridgehead atoms. The zero-order valence-electron chi connectivity index (χ0n) is 9.46. The first-order chi connectivity index (χ1) is 6.04. The Morgan fingerprint density at radius 2 is 1.50 bits per heavy atom. The van der Waals surface area contributed by atoms with Crippen LogP contribution in [0, 0.1) is 0 Å². The molecular formula is C7H18KNO5. The summed E-state index contributed by atoms with van der Waals surface area (Å²) in [5.41, 5.74) is 0. The van der Waals surface area contributed by atoms with E-state index in [2.05, 4.69) is 5.32 Å². The molecule has 6 nitrogen and oxygen atoms in total. The Hall–Kier alpha value is 1.40. The van der Waals surface area contributed by atoms with Crippen LogP contribution in [0.2, 0.25) is 0 Å². The van der Waals surface area contributed by atoms with Gasteiger partial charge >= 0.3 is 51.4 Å². The molecule has 0 radical (unpaired) electrons. The van der Waals surface area contributed by atoms with Crippen molar-refractivity contribution in [3.05, 3.63) is 0 Å². The third kappa shape index (κ3) is 6.08. The van der Waals surface area contributed by atoms with Crippen LogP contribution in [0.5, 0.6) is 0 Å². The quantitative estimate of drug-likeness (QED) is 0.255. The molecule has 4 atom stereocenters. The van der Waals surface area contributed by atoms with Gasteiger partial charge in [-0.2, -0.15) is 0 Å². The Bertz CT molecular complexity index is 145. The number of aliphatic hydroxyl groups excluding tert-OH is 5. The molecule has 0 aromatic carbocycles. The van der Waals surface area contributed by atoms with Crippen molar-refractivity contribution in [3.63, 3.8) is 0 Å². The number of nitrogens with one attached hydrogen (secondary N) is 1. The average molecular weight is 235 g/mol. The van der Waals surface area contributed by atoms with Crippen molar-refractivity contribution in [3.8, 4) is 0 Å². The molecule has 0 aliphatic carbocycles. The van der Waals surface area contributed by atoms with Crippen molar-refractivity contribution in [2.45, 2.75) is 24.4 Å². The van der Waals surface area contributed by atoms with Gasteiger partial charge in [0.25, 0.3) is 0 Å². The standard InChI is InChI=1S/C7H17NO5.K.H/c1-8-2-4(10)6(12)7(13)5(11)3-9;;/h4-13H,2-3H2,1H3;;/q;+1;-1/t4-,5+,6+,7+;;/m0../s1. The fraction of sp³-hybridized carbons (Fsp3) is 1.00. The minimum atomic E-state index is -1.55. The largest absolute Gasteiger partial charge is 1.00 e. The van der Waals surface area contributed by atoms with Gasteiger partial charge in [0, 0.05) is 6.54 Å². The van der Waals surface area contributed by atoms with Crippen molar-refractivity contribution in [2.75, 3.05) is 20.2 Å². The minimum Gasteiger partial charge on any atom is -1.00 e. The van der Waals surface area contributed by atoms with Gasteiger partial charge in [-0.15, -0.1) is 0 Å². The molecule has 0 saturated carbocycles. The van der Waals surface area contributed by atoms with Gasteiger partial charge in [0.1, 0.15) is 18.3 Å². The van der Waals surface area contributed by atoms with E-state index >= 15 is 0 Å². The van der Waals surface area contributed by atoms with Gasteiger partial charge in [-0.3, -0.25) is 0 Å². The summed E-state index contributed by atoms with van der Waals surface area (Å²) >= 11 is 0. The summed E-state index contributed by atoms with van der Waals surface area (Å²) in [7, 11) is 1.57. The average Bonchev–Trinajstić information content (AvgIpc) is 2.14. The van der Waals surface area contributed by atoms with Crippen LogP contribution in [0.3, 0.4) is 0 Å². The first kappa shape index (κ1) is 17.8. The summed E-state index contributed by atoms with van der Waals surface area (Å²) in [5.74, 6) is 0. The third-order valence-corrected chi connectivity index (χ3v) is 1.74. The molecule has 0 amide bonds. The van der Waals surface area contributed by atoms with Crippen LogP contribution in [0.15, 0.2) is 0 Å². The summed E-state index contributed by atoms with van der Waals surface area (Å²) < 4.78 is 0. The molecule has 0 aliphatic heterocycles. The Morgan fingerprint density at radius 3 is 1.86 bits per heavy atom. The molecule has 0 aromatic rings. The zero-order chi connectivity index (χ0) is 10.4. The van der Waals surface area contributed by atoms with Crippen LogP contribution < -0.4 is 56.7 Å². The Morgan fingerprint density at radius 1 is 1.07 bits per heavy atom. The van der Waals surface area contributed by atoms with Crippen LogP contribution in [0.25, 0.3) is 0 Å². The van der Waals surface area contributed by atoms with Crippen LogP contribution in [-0.4, -0.2) is 70.1 Å². The maximum absolute atomic E-state index is 9.21. The first-order valence-electron chi connectivity index (χ1n) is 4.02. The number of aliphatic hydroxyl groups is 5. The van der Waals surface area contributed by atoms with Crippen molar-refractivity contribution in [2.24, 2.45) is 0 Å². The van der Waals surface area contributed by atoms with Gasteiger partial charge in [-0.05, 0) is 7.05 Å². The Kier molecular flexibility index (Phi) is 12.2. The second-order valence-corrected chi connectivity index (χ2v) is 2.86. The van der Waals surface area contributed by atoms with Gasteiger partial charge < -0.3 is 32.3 Å². The summed E-state index contributed by atoms with van der Waals surface area (Å²) in [4.78, 5) is 0. The van der Waals surface area contributed by atoms with Crippen LogP contribution in [0.4, 0.5) is 0 Å². The second-order valence-electron chi connectivity index (χ2n) is 2.86. The monoisotopic (exact) mass is 235 g/mol. The van der Waals surface area contributed by atoms with E-state index in [1.54, 1.807) is 7.05 Å². The maximum atomic E-state index is 9.21. The normalized spacial score (nSPS) is 19.3. The van der Waals surface area contributed by atoms with Gasteiger partial charge in [0.05, 0.1) is 12.7 Å². The molecule has 6 N–H and O–H groups in total. The van der Waals surface area contributed by atoms with Crippen LogP contribution in [-0.2, 0) is 0 Å². The van der Waals surface area contributed by atoms with E-state index in [0.29, 0.717) is 0 Å². The topological polar surface area (TPSA) is 113 Å². The molecule has 0 heterocycles. The smallest absolute Gasteiger partial charge is 1.00 e. The Balaban J connectivity index is -0.000000720. The fourth-order valence-electron chi connectivity index (χ4n) is 0.893. The van der Waals surface area contributed by atoms with E-state index in [1.807, 2.05) is 0 Å². The molecule has 0 rings (SSSR count). The summed E-state index contributed by atoms with van der Waals surface area (Å²) in [6, 6.07) is 0. The number of rotatable bonds is 6. The molecule has 0 aromatic heterocycles. The maximum Gasteiger partial charge on any atom is 1.00 e. The predicted octanol–water partition coefficient (Wildman–Crippen LogP) is -6.24. The summed E-state index contributed by atoms with van der Waals surface area (Å²) in [5, 5.41) is 47.5. The molecule has 0 fully saturated rings. The number of likely N-dealkylation sites (N-methyl/N-ethyl adjacent to an activating group) is 1. The van der Waals surface area contributed by atoms with Gasteiger partial charge in [-0.25, -0.2) is 0 Å². The van der Waals surface area contributed by atoms with E-state index in [0.717, 1.165) is 0 Å². The van der Waals surface area contributed by atoms with Gasteiger partial charge in [0.15, 0.2) is 0 Å². The molecule has 0 aliphatic rings. The number of hydrogen-bond acceptors (Lipinski definition) is 6. The van der Waals surface area contributed by atoms with Crippen molar-refractivity contribution in [1.82, 2.24) is 5.32 Å². The predicted molar refractivity (Wildman–Crippen MR) is 46.2 cm³/mol. The zero-order valence-corrected chi connectivity index (χ0v) is 11.6. The van der Waals surface area contributed by atoms with Crippen LogP contribution in [0.1, 0.15) is 1.43 Å². The van der Waals surface area contributed by atoms with Gasteiger partial charge in [0.2, 0.25) is 0 Å². The van der Waals surface area contributed by atoms with Gasteiger partial charge in [-0.1, -0.05) is 0 Å². The van der Waals surface area contributed by atoms with E-state index in [-0.39, 0.29) is 59.4 Å². The van der Waals surface area contributed by atoms with E-state index in [4.69, 9.17) is 20.4 Å². The van der Waals surface area contributed by atoms with E-state index < -0.39 is 31.0 Å². The molecular weight excluding hydrogens is 217 g/mol. The molecule has 7 heteroatoms. The van der Waals surface area contributed by atoms with Crippen molar-refractivity contribution < 1.29 is 78.3 Å². The first-order valence-corrected chi connectivity index (χ1v) is 4.02. The van der Waals surface area contributed by atoms with Crippen LogP contribution >= 0.6 is 0 Å². The minimum absolute atomic E-state index is 0. The summed E-state index contributed by atoms with van der Waals surface area (Å²) in [6.07, 6.45) is -5.65.